The predicted molar refractivity (Wildman–Crippen MR) is 63.3 cm³/mol. The minimum Gasteiger partial charge on any atom is -0.296 e. The van der Waals surface area contributed by atoms with Crippen molar-refractivity contribution in [1.82, 2.24) is 0 Å². The summed E-state index contributed by atoms with van der Waals surface area (Å²) in [5.74, 6) is 0. The van der Waals surface area contributed by atoms with E-state index in [0.717, 1.165) is 5.56 Å². The molecular weight excluding hydrogens is 190 g/mol. The number of nitrogens with zero attached hydrogens (tertiary/aromatic N) is 1. The van der Waals surface area contributed by atoms with Gasteiger partial charge >= 0.3 is 0 Å². The van der Waals surface area contributed by atoms with E-state index >= 15 is 0 Å². The summed E-state index contributed by atoms with van der Waals surface area (Å²) in [6.45, 7) is 0. The maximum absolute atomic E-state index is 4.01. The molecule has 0 N–H and O–H groups in total. The van der Waals surface area contributed by atoms with Crippen molar-refractivity contribution in [2.75, 3.05) is 7.05 Å². The van der Waals surface area contributed by atoms with Crippen LogP contribution in [-0.4, -0.2) is 13.3 Å². The number of benzene rings is 1. The Hall–Kier alpha value is -1.41. The molecule has 0 fully saturated rings. The van der Waals surface area contributed by atoms with Gasteiger partial charge in [-0.25, -0.2) is 0 Å². The molecule has 14 heavy (non-hydrogen) atoms. The van der Waals surface area contributed by atoms with Crippen LogP contribution in [0, 0.1) is 0 Å². The molecule has 2 aromatic rings. The zero-order valence-corrected chi connectivity index (χ0v) is 8.79. The highest BCUT2D eigenvalue weighted by Crippen LogP contribution is 2.24. The maximum Gasteiger partial charge on any atom is 0.0342 e. The zero-order chi connectivity index (χ0) is 9.80. The van der Waals surface area contributed by atoms with Crippen LogP contribution in [0.1, 0.15) is 5.56 Å². The third-order valence-electron chi connectivity index (χ3n) is 1.97. The molecule has 0 atom stereocenters. The smallest absolute Gasteiger partial charge is 0.0342 e. The highest BCUT2D eigenvalue weighted by Gasteiger charge is 1.97. The SMILES string of the molecule is CN=Cc1cccc(-c2cccs2)c1. The van der Waals surface area contributed by atoms with Gasteiger partial charge in [-0.15, -0.1) is 11.3 Å². The summed E-state index contributed by atoms with van der Waals surface area (Å²) >= 11 is 1.76. The zero-order valence-electron chi connectivity index (χ0n) is 7.97. The first kappa shape index (κ1) is 9.16. The quantitative estimate of drug-likeness (QED) is 0.660. The summed E-state index contributed by atoms with van der Waals surface area (Å²) in [6, 6.07) is 12.6. The van der Waals surface area contributed by atoms with Gasteiger partial charge in [0.1, 0.15) is 0 Å². The van der Waals surface area contributed by atoms with Gasteiger partial charge < -0.3 is 0 Å². The Kier molecular flexibility index (Phi) is 2.75. The lowest BCUT2D eigenvalue weighted by Crippen LogP contribution is -1.81. The minimum atomic E-state index is 1.15. The number of rotatable bonds is 2. The highest BCUT2D eigenvalue weighted by molar-refractivity contribution is 7.13. The molecular formula is C12H11NS. The van der Waals surface area contributed by atoms with Crippen molar-refractivity contribution in [3.05, 3.63) is 47.3 Å². The first-order valence-corrected chi connectivity index (χ1v) is 5.34. The van der Waals surface area contributed by atoms with Crippen LogP contribution in [0.4, 0.5) is 0 Å². The van der Waals surface area contributed by atoms with Gasteiger partial charge in [0.25, 0.3) is 0 Å². The summed E-state index contributed by atoms with van der Waals surface area (Å²) in [5.41, 5.74) is 2.41. The second-order valence-electron chi connectivity index (χ2n) is 2.99. The van der Waals surface area contributed by atoms with Crippen molar-refractivity contribution < 1.29 is 0 Å². The molecule has 1 nitrogen and oxygen atoms in total. The van der Waals surface area contributed by atoms with Gasteiger partial charge in [-0.2, -0.15) is 0 Å². The lowest BCUT2D eigenvalue weighted by atomic mass is 10.1. The second-order valence-corrected chi connectivity index (χ2v) is 3.94. The third-order valence-corrected chi connectivity index (χ3v) is 2.89. The van der Waals surface area contributed by atoms with Crippen LogP contribution in [0.3, 0.4) is 0 Å². The molecule has 0 unspecified atom stereocenters. The molecule has 0 saturated carbocycles. The fourth-order valence-corrected chi connectivity index (χ4v) is 2.09. The summed E-state index contributed by atoms with van der Waals surface area (Å²) in [5, 5.41) is 2.09. The molecule has 1 aromatic heterocycles. The maximum atomic E-state index is 4.01. The predicted octanol–water partition coefficient (Wildman–Crippen LogP) is 3.46. The molecule has 2 rings (SSSR count). The fourth-order valence-electron chi connectivity index (χ4n) is 1.36. The number of aliphatic imine (C=N–C) groups is 1. The largest absolute Gasteiger partial charge is 0.296 e. The van der Waals surface area contributed by atoms with Crippen LogP contribution in [0.2, 0.25) is 0 Å². The molecule has 1 heterocycles. The van der Waals surface area contributed by atoms with Crippen molar-refractivity contribution in [3.8, 4) is 10.4 Å². The molecule has 0 spiro atoms. The number of thiophene rings is 1. The third kappa shape index (κ3) is 1.91. The standard InChI is InChI=1S/C12H11NS/c1-13-9-10-4-2-5-11(8-10)12-6-3-7-14-12/h2-9H,1H3. The molecule has 0 aliphatic carbocycles. The summed E-state index contributed by atoms with van der Waals surface area (Å²) in [7, 11) is 1.79. The Morgan fingerprint density at radius 2 is 2.14 bits per heavy atom. The molecule has 70 valence electrons. The molecule has 0 saturated heterocycles. The Labute approximate surface area is 87.8 Å². The van der Waals surface area contributed by atoms with Crippen LogP contribution in [-0.2, 0) is 0 Å². The van der Waals surface area contributed by atoms with E-state index in [-0.39, 0.29) is 0 Å². The minimum absolute atomic E-state index is 1.15. The van der Waals surface area contributed by atoms with E-state index in [0.29, 0.717) is 0 Å². The Balaban J connectivity index is 2.40. The van der Waals surface area contributed by atoms with Crippen LogP contribution < -0.4 is 0 Å². The van der Waals surface area contributed by atoms with Gasteiger partial charge in [0.15, 0.2) is 0 Å². The Bertz CT molecular complexity index is 429. The van der Waals surface area contributed by atoms with Crippen molar-refractivity contribution in [1.29, 1.82) is 0 Å². The van der Waals surface area contributed by atoms with Crippen molar-refractivity contribution in [3.63, 3.8) is 0 Å². The van der Waals surface area contributed by atoms with Crippen molar-refractivity contribution in [2.24, 2.45) is 4.99 Å². The van der Waals surface area contributed by atoms with Crippen LogP contribution >= 0.6 is 11.3 Å². The average molecular weight is 201 g/mol. The Morgan fingerprint density at radius 1 is 1.21 bits per heavy atom. The van der Waals surface area contributed by atoms with E-state index < -0.39 is 0 Å². The topological polar surface area (TPSA) is 12.4 Å². The van der Waals surface area contributed by atoms with Crippen LogP contribution in [0.5, 0.6) is 0 Å². The van der Waals surface area contributed by atoms with E-state index in [1.807, 2.05) is 6.21 Å². The second kappa shape index (κ2) is 4.20. The molecule has 1 aromatic carbocycles. The number of hydrogen-bond donors (Lipinski definition) is 0. The fraction of sp³-hybridized carbons (Fsp3) is 0.0833. The van der Waals surface area contributed by atoms with Gasteiger partial charge in [-0.3, -0.25) is 4.99 Å². The van der Waals surface area contributed by atoms with Crippen molar-refractivity contribution >= 4 is 17.6 Å². The van der Waals surface area contributed by atoms with Crippen molar-refractivity contribution in [2.45, 2.75) is 0 Å². The molecule has 2 heteroatoms. The summed E-state index contributed by atoms with van der Waals surface area (Å²) in [4.78, 5) is 5.31. The number of hydrogen-bond acceptors (Lipinski definition) is 2. The van der Waals surface area contributed by atoms with E-state index in [1.165, 1.54) is 10.4 Å². The molecule has 0 bridgehead atoms. The van der Waals surface area contributed by atoms with Crippen LogP contribution in [0.15, 0.2) is 46.8 Å². The normalized spacial score (nSPS) is 10.9. The first-order valence-electron chi connectivity index (χ1n) is 4.46. The molecule has 0 radical (unpaired) electrons. The summed E-state index contributed by atoms with van der Waals surface area (Å²) in [6.07, 6.45) is 1.87. The van der Waals surface area contributed by atoms with Gasteiger partial charge in [-0.05, 0) is 28.6 Å². The molecule has 0 amide bonds. The lowest BCUT2D eigenvalue weighted by molar-refractivity contribution is 1.46. The molecule has 0 aliphatic heterocycles. The molecule has 0 aliphatic rings. The van der Waals surface area contributed by atoms with E-state index in [1.54, 1.807) is 18.4 Å². The lowest BCUT2D eigenvalue weighted by Gasteiger charge is -1.98. The van der Waals surface area contributed by atoms with Crippen LogP contribution in [0.25, 0.3) is 10.4 Å². The average Bonchev–Trinajstić information content (AvgIpc) is 2.71. The summed E-state index contributed by atoms with van der Waals surface area (Å²) < 4.78 is 0. The van der Waals surface area contributed by atoms with Gasteiger partial charge in [0.05, 0.1) is 0 Å². The van der Waals surface area contributed by atoms with Gasteiger partial charge in [0, 0.05) is 18.1 Å². The van der Waals surface area contributed by atoms with Gasteiger partial charge in [0.2, 0.25) is 0 Å². The van der Waals surface area contributed by atoms with E-state index in [2.05, 4.69) is 46.8 Å². The van der Waals surface area contributed by atoms with Gasteiger partial charge in [-0.1, -0.05) is 24.3 Å². The first-order chi connectivity index (χ1) is 6.90. The van der Waals surface area contributed by atoms with E-state index in [9.17, 15) is 0 Å². The van der Waals surface area contributed by atoms with E-state index in [4.69, 9.17) is 0 Å². The monoisotopic (exact) mass is 201 g/mol. The Morgan fingerprint density at radius 3 is 2.86 bits per heavy atom. The highest BCUT2D eigenvalue weighted by atomic mass is 32.1.